The predicted octanol–water partition coefficient (Wildman–Crippen LogP) is 14.9. The number of aromatic nitrogens is 1. The summed E-state index contributed by atoms with van der Waals surface area (Å²) in [4.78, 5) is 2.34. The number of para-hydroxylation sites is 2. The third kappa shape index (κ3) is 4.35. The summed E-state index contributed by atoms with van der Waals surface area (Å²) in [6.45, 7) is 0. The lowest BCUT2D eigenvalue weighted by molar-refractivity contribution is 0.773. The maximum atomic E-state index is 9.86. The van der Waals surface area contributed by atoms with Crippen molar-refractivity contribution in [3.63, 3.8) is 0 Å². The molecule has 2 heteroatoms. The van der Waals surface area contributed by atoms with Gasteiger partial charge in [0.25, 0.3) is 0 Å². The van der Waals surface area contributed by atoms with Gasteiger partial charge < -0.3 is 9.47 Å². The van der Waals surface area contributed by atoms with Gasteiger partial charge in [0.1, 0.15) is 0 Å². The van der Waals surface area contributed by atoms with Gasteiger partial charge in [0.05, 0.1) is 30.4 Å². The fourth-order valence-corrected chi connectivity index (χ4v) is 10.4. The van der Waals surface area contributed by atoms with E-state index in [1.807, 2.05) is 36.4 Å². The lowest BCUT2D eigenvalue weighted by Crippen LogP contribution is -2.31. The van der Waals surface area contributed by atoms with Crippen molar-refractivity contribution < 1.29 is 8.22 Å². The Bertz CT molecular complexity index is 3870. The van der Waals surface area contributed by atoms with Gasteiger partial charge in [0.2, 0.25) is 0 Å². The molecule has 0 saturated heterocycles. The van der Waals surface area contributed by atoms with Gasteiger partial charge in [-0.3, -0.25) is 0 Å². The summed E-state index contributed by atoms with van der Waals surface area (Å²) in [5.74, 6) is 0. The molecule has 0 N–H and O–H groups in total. The highest BCUT2D eigenvalue weighted by Gasteiger charge is 2.51. The van der Waals surface area contributed by atoms with Crippen LogP contribution in [0.4, 0.5) is 17.1 Å². The molecule has 59 heavy (non-hydrogen) atoms. The molecule has 2 aliphatic rings. The van der Waals surface area contributed by atoms with Crippen LogP contribution in [0.25, 0.3) is 71.3 Å². The first-order valence-electron chi connectivity index (χ1n) is 23.0. The van der Waals surface area contributed by atoms with Crippen LogP contribution in [0.2, 0.25) is 0 Å². The first-order chi connectivity index (χ1) is 31.8. The maximum absolute atomic E-state index is 9.86. The smallest absolute Gasteiger partial charge is 0.0726 e. The Balaban J connectivity index is 1.16. The molecule has 0 fully saturated rings. The Morgan fingerprint density at radius 2 is 1.08 bits per heavy atom. The predicted molar refractivity (Wildman–Crippen MR) is 247 cm³/mol. The lowest BCUT2D eigenvalue weighted by atomic mass is 9.61. The maximum Gasteiger partial charge on any atom is 0.0726 e. The molecule has 1 atom stereocenters. The second kappa shape index (κ2) is 12.2. The summed E-state index contributed by atoms with van der Waals surface area (Å²) in [7, 11) is 0. The molecular weight excluding hydrogens is 713 g/mol. The van der Waals surface area contributed by atoms with Crippen LogP contribution in [0.1, 0.15) is 30.5 Å². The molecular formula is C57H36N2. The van der Waals surface area contributed by atoms with Gasteiger partial charge in [-0.05, 0) is 115 Å². The van der Waals surface area contributed by atoms with Gasteiger partial charge in [-0.25, -0.2) is 0 Å². The number of nitrogens with zero attached hydrogens (tertiary/aromatic N) is 2. The van der Waals surface area contributed by atoms with Crippen LogP contribution < -0.4 is 4.90 Å². The van der Waals surface area contributed by atoms with Gasteiger partial charge in [-0.1, -0.05) is 164 Å². The molecule has 2 nitrogen and oxygen atoms in total. The van der Waals surface area contributed by atoms with E-state index in [9.17, 15) is 6.85 Å². The number of hydrogen-bond acceptors (Lipinski definition) is 1. The molecule has 1 unspecified atom stereocenters. The fourth-order valence-electron chi connectivity index (χ4n) is 10.4. The summed E-state index contributed by atoms with van der Waals surface area (Å²) in [5.41, 5.74) is 11.2. The molecule has 0 saturated carbocycles. The molecule has 1 aromatic heterocycles. The Morgan fingerprint density at radius 1 is 0.424 bits per heavy atom. The van der Waals surface area contributed by atoms with Gasteiger partial charge in [0.15, 0.2) is 0 Å². The Labute approximate surface area is 350 Å². The van der Waals surface area contributed by atoms with Gasteiger partial charge in [-0.2, -0.15) is 0 Å². The summed E-state index contributed by atoms with van der Waals surface area (Å²) < 4.78 is 58.1. The van der Waals surface area contributed by atoms with Crippen LogP contribution in [-0.4, -0.2) is 4.57 Å². The molecule has 13 rings (SSSR count). The zero-order valence-electron chi connectivity index (χ0n) is 37.7. The van der Waals surface area contributed by atoms with Crippen molar-refractivity contribution in [1.29, 1.82) is 0 Å². The molecule has 11 aromatic rings. The molecule has 10 aromatic carbocycles. The summed E-state index contributed by atoms with van der Waals surface area (Å²) in [6.07, 6.45) is 0. The lowest BCUT2D eigenvalue weighted by Gasteiger charge is -2.40. The van der Waals surface area contributed by atoms with Crippen LogP contribution in [0, 0.1) is 0 Å². The van der Waals surface area contributed by atoms with Crippen molar-refractivity contribution in [3.8, 4) is 27.9 Å². The van der Waals surface area contributed by atoms with E-state index in [0.29, 0.717) is 16.5 Å². The molecule has 0 aliphatic heterocycles. The van der Waals surface area contributed by atoms with Crippen LogP contribution in [0.15, 0.2) is 218 Å². The molecule has 1 heterocycles. The first kappa shape index (κ1) is 27.0. The molecule has 2 aliphatic carbocycles. The molecule has 0 radical (unpaired) electrons. The average molecular weight is 755 g/mol. The normalized spacial score (nSPS) is 16.3. The van der Waals surface area contributed by atoms with Crippen LogP contribution in [0.5, 0.6) is 0 Å². The number of fused-ring (bicyclic) bond motifs is 13. The number of rotatable bonds is 4. The topological polar surface area (TPSA) is 8.17 Å². The van der Waals surface area contributed by atoms with Gasteiger partial charge in [-0.15, -0.1) is 0 Å². The molecule has 0 bridgehead atoms. The summed E-state index contributed by atoms with van der Waals surface area (Å²) in [6, 6.07) is 61.9. The Kier molecular flexibility index (Phi) is 5.57. The Morgan fingerprint density at radius 3 is 1.97 bits per heavy atom. The summed E-state index contributed by atoms with van der Waals surface area (Å²) >= 11 is 0. The van der Waals surface area contributed by atoms with Gasteiger partial charge >= 0.3 is 0 Å². The highest BCUT2D eigenvalue weighted by atomic mass is 15.1. The van der Waals surface area contributed by atoms with E-state index >= 15 is 0 Å². The third-order valence-electron chi connectivity index (χ3n) is 12.7. The quantitative estimate of drug-likeness (QED) is 0.174. The van der Waals surface area contributed by atoms with Crippen LogP contribution in [-0.2, 0) is 5.41 Å². The molecule has 274 valence electrons. The number of benzene rings is 10. The average Bonchev–Trinajstić information content (AvgIpc) is 3.83. The van der Waals surface area contributed by atoms with Crippen molar-refractivity contribution in [2.75, 3.05) is 4.90 Å². The van der Waals surface area contributed by atoms with Crippen LogP contribution >= 0.6 is 0 Å². The van der Waals surface area contributed by atoms with E-state index in [1.165, 1.54) is 0 Å². The second-order valence-electron chi connectivity index (χ2n) is 15.5. The van der Waals surface area contributed by atoms with Crippen molar-refractivity contribution in [2.24, 2.45) is 0 Å². The van der Waals surface area contributed by atoms with Gasteiger partial charge in [0, 0.05) is 33.4 Å². The third-order valence-corrected chi connectivity index (χ3v) is 12.7. The number of hydrogen-bond donors (Lipinski definition) is 0. The minimum atomic E-state index is -1.17. The number of anilines is 3. The van der Waals surface area contributed by atoms with E-state index in [-0.39, 0.29) is 41.6 Å². The zero-order chi connectivity index (χ0) is 43.9. The standard InChI is InChI=1S/C57H36N2/c1-2-19-40(20-3-1)59-52-29-11-8-22-44(52)47-36-42(33-34-53(47)59)58(41-32-31-37-15-4-5-16-39(37)35-41)54-30-14-28-51-56(54)46-23-7-10-26-49(46)57(51)48-25-9-6-21-43(48)45-24-12-17-38-18-13-27-50(57)55(38)45/h1-36H/i12D,13D,17D,18D,24D,27D. The monoisotopic (exact) mass is 754 g/mol. The SMILES string of the molecule is [2H]c1c([2H])c2c3c(c([2H])c([2H])c([2H])c3c1[2H])C1(c3ccccc3-c3c(N(c4ccc5ccccc5c4)c4ccc5c(c4)c4ccccc4n5-c4ccccc4)cccc31)c1ccccc1-2. The molecule has 1 spiro atoms. The largest absolute Gasteiger partial charge is 0.310 e. The van der Waals surface area contributed by atoms with Crippen molar-refractivity contribution in [1.82, 2.24) is 4.57 Å². The zero-order valence-corrected chi connectivity index (χ0v) is 31.7. The first-order valence-corrected chi connectivity index (χ1v) is 20.0. The van der Waals surface area contributed by atoms with Crippen LogP contribution in [0.3, 0.4) is 0 Å². The second-order valence-corrected chi connectivity index (χ2v) is 15.5. The van der Waals surface area contributed by atoms with E-state index < -0.39 is 5.41 Å². The van der Waals surface area contributed by atoms with Crippen molar-refractivity contribution >= 4 is 60.4 Å². The minimum absolute atomic E-state index is 0.116. The van der Waals surface area contributed by atoms with E-state index in [0.717, 1.165) is 88.7 Å². The summed E-state index contributed by atoms with van der Waals surface area (Å²) in [5, 5.41) is 5.05. The van der Waals surface area contributed by atoms with Crippen molar-refractivity contribution in [3.05, 3.63) is 240 Å². The van der Waals surface area contributed by atoms with Crippen molar-refractivity contribution in [2.45, 2.75) is 5.41 Å². The van der Waals surface area contributed by atoms with E-state index in [1.54, 1.807) is 0 Å². The fraction of sp³-hybridized carbons (Fsp3) is 0.0175. The van der Waals surface area contributed by atoms with E-state index in [4.69, 9.17) is 1.37 Å². The highest BCUT2D eigenvalue weighted by molar-refractivity contribution is 6.12. The Hall–Kier alpha value is -7.68. The highest BCUT2D eigenvalue weighted by Crippen LogP contribution is 2.64. The minimum Gasteiger partial charge on any atom is -0.310 e. The van der Waals surface area contributed by atoms with E-state index in [2.05, 4.69) is 155 Å². The molecule has 0 amide bonds.